The molecule has 0 aliphatic heterocycles. The molecule has 11 nitrogen and oxygen atoms in total. The number of carbonyl (C=O) groups is 2. The molecule has 1 fully saturated rings. The lowest BCUT2D eigenvalue weighted by Gasteiger charge is -2.18. The monoisotopic (exact) mass is 486 g/mol. The SMILES string of the molecule is CCN(CC)S(=O)(=O)c1ccc2nnn(OCC(=O)Nc3cccc(C(=O)NC4CC4)c3)c2c1. The zero-order valence-corrected chi connectivity index (χ0v) is 19.7. The number of fused-ring (bicyclic) bond motifs is 1. The number of nitrogens with one attached hydrogen (secondary N) is 2. The van der Waals surface area contributed by atoms with E-state index in [1.807, 2.05) is 0 Å². The molecule has 0 spiro atoms. The maximum absolute atomic E-state index is 12.8. The first-order valence-corrected chi connectivity index (χ1v) is 12.5. The highest BCUT2D eigenvalue weighted by Gasteiger charge is 2.24. The summed E-state index contributed by atoms with van der Waals surface area (Å²) in [4.78, 5) is 31.2. The number of sulfonamides is 1. The number of hydrogen-bond acceptors (Lipinski definition) is 7. The number of anilines is 1. The fraction of sp³-hybridized carbons (Fsp3) is 0.364. The minimum absolute atomic E-state index is 0.0848. The summed E-state index contributed by atoms with van der Waals surface area (Å²) in [6.07, 6.45) is 1.97. The van der Waals surface area contributed by atoms with Gasteiger partial charge in [-0.1, -0.05) is 24.8 Å². The van der Waals surface area contributed by atoms with Crippen LogP contribution in [0.4, 0.5) is 5.69 Å². The predicted molar refractivity (Wildman–Crippen MR) is 125 cm³/mol. The van der Waals surface area contributed by atoms with Crippen molar-refractivity contribution < 1.29 is 22.8 Å². The second-order valence-corrected chi connectivity index (χ2v) is 9.79. The Balaban J connectivity index is 1.43. The smallest absolute Gasteiger partial charge is 0.265 e. The number of aromatic nitrogens is 3. The Morgan fingerprint density at radius 3 is 2.62 bits per heavy atom. The van der Waals surface area contributed by atoms with Gasteiger partial charge in [-0.25, -0.2) is 8.42 Å². The summed E-state index contributed by atoms with van der Waals surface area (Å²) >= 11 is 0. The molecule has 2 amide bonds. The Bertz CT molecular complexity index is 1310. The number of amides is 2. The summed E-state index contributed by atoms with van der Waals surface area (Å²) in [6, 6.07) is 11.3. The van der Waals surface area contributed by atoms with Crippen molar-refractivity contribution in [2.24, 2.45) is 0 Å². The van der Waals surface area contributed by atoms with Crippen molar-refractivity contribution in [2.75, 3.05) is 25.0 Å². The number of hydrogen-bond donors (Lipinski definition) is 2. The third-order valence-electron chi connectivity index (χ3n) is 5.37. The molecule has 1 saturated carbocycles. The van der Waals surface area contributed by atoms with Gasteiger partial charge in [0.2, 0.25) is 10.0 Å². The minimum Gasteiger partial charge on any atom is -0.385 e. The van der Waals surface area contributed by atoms with Crippen LogP contribution in [0.2, 0.25) is 0 Å². The van der Waals surface area contributed by atoms with Crippen LogP contribution >= 0.6 is 0 Å². The zero-order valence-electron chi connectivity index (χ0n) is 18.9. The second kappa shape index (κ2) is 9.77. The van der Waals surface area contributed by atoms with Gasteiger partial charge >= 0.3 is 0 Å². The summed E-state index contributed by atoms with van der Waals surface area (Å²) < 4.78 is 27.0. The van der Waals surface area contributed by atoms with Crippen molar-refractivity contribution in [3.05, 3.63) is 48.0 Å². The van der Waals surface area contributed by atoms with Crippen molar-refractivity contribution in [3.8, 4) is 0 Å². The van der Waals surface area contributed by atoms with E-state index in [1.54, 1.807) is 38.1 Å². The third kappa shape index (κ3) is 5.18. The molecule has 12 heteroatoms. The third-order valence-corrected chi connectivity index (χ3v) is 7.41. The van der Waals surface area contributed by atoms with Gasteiger partial charge in [-0.2, -0.15) is 4.31 Å². The molecule has 2 aromatic carbocycles. The van der Waals surface area contributed by atoms with Crippen molar-refractivity contribution in [3.63, 3.8) is 0 Å². The molecule has 3 aromatic rings. The molecule has 0 bridgehead atoms. The molecule has 1 aromatic heterocycles. The van der Waals surface area contributed by atoms with Gasteiger partial charge in [0, 0.05) is 30.4 Å². The number of nitrogens with zero attached hydrogens (tertiary/aromatic N) is 4. The highest BCUT2D eigenvalue weighted by Crippen LogP contribution is 2.21. The fourth-order valence-electron chi connectivity index (χ4n) is 3.40. The first-order chi connectivity index (χ1) is 16.3. The van der Waals surface area contributed by atoms with E-state index in [1.165, 1.54) is 22.5 Å². The van der Waals surface area contributed by atoms with Crippen molar-refractivity contribution in [1.82, 2.24) is 24.8 Å². The molecule has 1 aliphatic carbocycles. The summed E-state index contributed by atoms with van der Waals surface area (Å²) in [5, 5.41) is 13.4. The average molecular weight is 487 g/mol. The Hall–Kier alpha value is -3.51. The quantitative estimate of drug-likeness (QED) is 0.442. The molecule has 2 N–H and O–H groups in total. The Morgan fingerprint density at radius 2 is 1.91 bits per heavy atom. The molecule has 34 heavy (non-hydrogen) atoms. The molecule has 0 saturated heterocycles. The van der Waals surface area contributed by atoms with Gasteiger partial charge in [0.05, 0.1) is 4.90 Å². The lowest BCUT2D eigenvalue weighted by molar-refractivity contribution is -0.121. The molecule has 0 radical (unpaired) electrons. The normalized spacial score (nSPS) is 13.7. The largest absolute Gasteiger partial charge is 0.385 e. The zero-order chi connectivity index (χ0) is 24.3. The van der Waals surface area contributed by atoms with Gasteiger partial charge in [-0.3, -0.25) is 9.59 Å². The van der Waals surface area contributed by atoms with E-state index in [9.17, 15) is 18.0 Å². The highest BCUT2D eigenvalue weighted by molar-refractivity contribution is 7.89. The van der Waals surface area contributed by atoms with Gasteiger partial charge in [-0.05, 0) is 54.5 Å². The van der Waals surface area contributed by atoms with Crippen LogP contribution in [0, 0.1) is 0 Å². The summed E-state index contributed by atoms with van der Waals surface area (Å²) in [6.45, 7) is 3.82. The molecule has 1 aliphatic rings. The maximum Gasteiger partial charge on any atom is 0.265 e. The Kier molecular flexibility index (Phi) is 6.80. The molecule has 0 unspecified atom stereocenters. The van der Waals surface area contributed by atoms with Crippen LogP contribution in [0.3, 0.4) is 0 Å². The highest BCUT2D eigenvalue weighted by atomic mass is 32.2. The lowest BCUT2D eigenvalue weighted by atomic mass is 10.2. The first kappa shape index (κ1) is 23.6. The summed E-state index contributed by atoms with van der Waals surface area (Å²) in [5.41, 5.74) is 1.65. The number of rotatable bonds is 10. The van der Waals surface area contributed by atoms with E-state index in [-0.39, 0.29) is 16.8 Å². The molecule has 4 rings (SSSR count). The first-order valence-electron chi connectivity index (χ1n) is 11.0. The van der Waals surface area contributed by atoms with Gasteiger partial charge in [0.15, 0.2) is 6.61 Å². The van der Waals surface area contributed by atoms with Crippen molar-refractivity contribution in [1.29, 1.82) is 0 Å². The molecule has 1 heterocycles. The van der Waals surface area contributed by atoms with E-state index in [4.69, 9.17) is 4.84 Å². The standard InChI is InChI=1S/C22H26N6O5S/c1-3-27(4-2)34(31,32)18-10-11-19-20(13-18)28(26-25-19)33-14-21(29)23-17-7-5-6-15(12-17)22(30)24-16-8-9-16/h5-7,10-13,16H,3-4,8-9,14H2,1-2H3,(H,23,29)(H,24,30). The van der Waals surface area contributed by atoms with Gasteiger partial charge < -0.3 is 15.5 Å². The van der Waals surface area contributed by atoms with Crippen molar-refractivity contribution >= 4 is 38.6 Å². The second-order valence-electron chi connectivity index (χ2n) is 7.85. The Morgan fingerprint density at radius 1 is 1.15 bits per heavy atom. The number of benzene rings is 2. The van der Waals surface area contributed by atoms with Gasteiger partial charge in [0.25, 0.3) is 11.8 Å². The van der Waals surface area contributed by atoms with E-state index >= 15 is 0 Å². The number of carbonyl (C=O) groups excluding carboxylic acids is 2. The van der Waals surface area contributed by atoms with E-state index in [0.717, 1.165) is 17.7 Å². The molecular formula is C22H26N6O5S. The predicted octanol–water partition coefficient (Wildman–Crippen LogP) is 1.42. The van der Waals surface area contributed by atoms with Crippen molar-refractivity contribution in [2.45, 2.75) is 37.6 Å². The summed E-state index contributed by atoms with van der Waals surface area (Å²) in [5.74, 6) is -0.658. The van der Waals surface area contributed by atoms with Crippen LogP contribution in [0.1, 0.15) is 37.0 Å². The van der Waals surface area contributed by atoms with Crippen LogP contribution in [0.5, 0.6) is 0 Å². The van der Waals surface area contributed by atoms with Crippen LogP contribution in [-0.4, -0.2) is 65.4 Å². The minimum atomic E-state index is -3.68. The molecular weight excluding hydrogens is 460 g/mol. The van der Waals surface area contributed by atoms with E-state index < -0.39 is 22.5 Å². The van der Waals surface area contributed by atoms with Gasteiger partial charge in [0.1, 0.15) is 11.0 Å². The van der Waals surface area contributed by atoms with E-state index in [2.05, 4.69) is 20.9 Å². The Labute approximate surface area is 197 Å². The van der Waals surface area contributed by atoms with Crippen LogP contribution < -0.4 is 15.5 Å². The van der Waals surface area contributed by atoms with Crippen LogP contribution in [0.25, 0.3) is 11.0 Å². The summed E-state index contributed by atoms with van der Waals surface area (Å²) in [7, 11) is -3.68. The lowest BCUT2D eigenvalue weighted by Crippen LogP contribution is -2.30. The molecule has 180 valence electrons. The fourth-order valence-corrected chi connectivity index (χ4v) is 4.88. The van der Waals surface area contributed by atoms with Crippen LogP contribution in [-0.2, 0) is 14.8 Å². The topological polar surface area (TPSA) is 136 Å². The van der Waals surface area contributed by atoms with E-state index in [0.29, 0.717) is 35.4 Å². The van der Waals surface area contributed by atoms with Crippen LogP contribution in [0.15, 0.2) is 47.4 Å². The van der Waals surface area contributed by atoms with Gasteiger partial charge in [-0.15, -0.1) is 5.10 Å². The molecule has 0 atom stereocenters. The average Bonchev–Trinajstić information content (AvgIpc) is 3.54. The maximum atomic E-state index is 12.8.